The van der Waals surface area contributed by atoms with Crippen molar-refractivity contribution in [1.29, 1.82) is 0 Å². The summed E-state index contributed by atoms with van der Waals surface area (Å²) in [5.74, 6) is 3.90. The Labute approximate surface area is 202 Å². The SMILES string of the molecule is CC[Si](=O)C[C@@H]1CC[C@@]2(C)[C@H](CC(=O)[C@@H]3[C@@H]2CC[C@]2(C)C([C@@H](C)CCC(=O)OC)CC[C@@H]32)C1. The average Bonchev–Trinajstić information content (AvgIpc) is 3.15. The first-order valence-corrected chi connectivity index (χ1v) is 15.6. The van der Waals surface area contributed by atoms with Crippen LogP contribution in [0.3, 0.4) is 0 Å². The Morgan fingerprint density at radius 1 is 1.12 bits per heavy atom. The third kappa shape index (κ3) is 4.45. The molecule has 4 fully saturated rings. The molecule has 4 nitrogen and oxygen atoms in total. The van der Waals surface area contributed by atoms with Crippen LogP contribution in [0.25, 0.3) is 0 Å². The van der Waals surface area contributed by atoms with Gasteiger partial charge in [0.15, 0.2) is 0 Å². The van der Waals surface area contributed by atoms with Gasteiger partial charge in [-0.25, -0.2) is 0 Å². The van der Waals surface area contributed by atoms with Crippen LogP contribution in [0.5, 0.6) is 0 Å². The first-order chi connectivity index (χ1) is 15.6. The molecule has 0 aromatic carbocycles. The van der Waals surface area contributed by atoms with E-state index in [1.54, 1.807) is 0 Å². The monoisotopic (exact) mass is 474 g/mol. The largest absolute Gasteiger partial charge is 0.469 e. The van der Waals surface area contributed by atoms with E-state index in [9.17, 15) is 14.1 Å². The molecule has 4 aliphatic carbocycles. The summed E-state index contributed by atoms with van der Waals surface area (Å²) in [6.45, 7) is 9.35. The minimum Gasteiger partial charge on any atom is -0.469 e. The summed E-state index contributed by atoms with van der Waals surface area (Å²) in [5.41, 5.74) is 0.515. The second-order valence-corrected chi connectivity index (χ2v) is 14.9. The van der Waals surface area contributed by atoms with Crippen molar-refractivity contribution in [3.8, 4) is 0 Å². The van der Waals surface area contributed by atoms with Gasteiger partial charge in [0.25, 0.3) is 8.68 Å². The van der Waals surface area contributed by atoms with Crippen LogP contribution in [0.4, 0.5) is 0 Å². The number of hydrogen-bond acceptors (Lipinski definition) is 4. The Hall–Kier alpha value is -0.843. The van der Waals surface area contributed by atoms with Gasteiger partial charge in [0.05, 0.1) is 7.11 Å². The van der Waals surface area contributed by atoms with Gasteiger partial charge in [0.2, 0.25) is 0 Å². The Morgan fingerprint density at radius 3 is 2.52 bits per heavy atom. The topological polar surface area (TPSA) is 60.4 Å². The van der Waals surface area contributed by atoms with Gasteiger partial charge in [0.1, 0.15) is 5.78 Å². The third-order valence-corrected chi connectivity index (χ3v) is 13.1. The lowest BCUT2D eigenvalue weighted by Gasteiger charge is -2.60. The number of carbonyl (C=O) groups excluding carboxylic acids is 2. The van der Waals surface area contributed by atoms with Crippen molar-refractivity contribution in [1.82, 2.24) is 0 Å². The number of esters is 1. The van der Waals surface area contributed by atoms with Crippen LogP contribution in [0, 0.1) is 52.3 Å². The normalized spacial score (nSPS) is 43.2. The molecule has 0 N–H and O–H groups in total. The van der Waals surface area contributed by atoms with E-state index in [1.807, 2.05) is 6.92 Å². The number of hydrogen-bond donors (Lipinski definition) is 0. The highest BCUT2D eigenvalue weighted by atomic mass is 28.3. The second kappa shape index (κ2) is 9.66. The van der Waals surface area contributed by atoms with Crippen molar-refractivity contribution in [3.05, 3.63) is 0 Å². The maximum Gasteiger partial charge on any atom is 0.305 e. The molecule has 0 saturated heterocycles. The van der Waals surface area contributed by atoms with E-state index in [-0.39, 0.29) is 22.7 Å². The Balaban J connectivity index is 1.49. The molecule has 0 aromatic rings. The maximum absolute atomic E-state index is 13.7. The third-order valence-electron chi connectivity index (χ3n) is 11.3. The van der Waals surface area contributed by atoms with Crippen LogP contribution in [-0.2, 0) is 18.8 Å². The minimum absolute atomic E-state index is 0.105. The number of carbonyl (C=O) groups is 2. The predicted molar refractivity (Wildman–Crippen MR) is 131 cm³/mol. The molecule has 4 rings (SSSR count). The fraction of sp³-hybridized carbons (Fsp3) is 0.929. The minimum atomic E-state index is -1.43. The highest BCUT2D eigenvalue weighted by molar-refractivity contribution is 6.42. The Morgan fingerprint density at radius 2 is 1.82 bits per heavy atom. The zero-order chi connectivity index (χ0) is 24.0. The van der Waals surface area contributed by atoms with Crippen LogP contribution in [-0.4, -0.2) is 27.5 Å². The Kier molecular flexibility index (Phi) is 7.39. The number of fused-ring (bicyclic) bond motifs is 5. The fourth-order valence-electron chi connectivity index (χ4n) is 9.30. The van der Waals surface area contributed by atoms with Crippen LogP contribution in [0.2, 0.25) is 12.1 Å². The molecule has 0 bridgehead atoms. The molecule has 0 spiro atoms. The maximum atomic E-state index is 13.7. The predicted octanol–water partition coefficient (Wildman–Crippen LogP) is 6.47. The Bertz CT molecular complexity index is 780. The molecule has 5 heteroatoms. The van der Waals surface area contributed by atoms with Crippen molar-refractivity contribution in [2.24, 2.45) is 52.3 Å². The molecular weight excluding hydrogens is 428 g/mol. The second-order valence-electron chi connectivity index (χ2n) is 12.7. The summed E-state index contributed by atoms with van der Waals surface area (Å²) < 4.78 is 17.1. The van der Waals surface area contributed by atoms with E-state index in [2.05, 4.69) is 20.8 Å². The van der Waals surface area contributed by atoms with E-state index in [1.165, 1.54) is 45.6 Å². The van der Waals surface area contributed by atoms with Crippen molar-refractivity contribution in [3.63, 3.8) is 0 Å². The van der Waals surface area contributed by atoms with Crippen LogP contribution < -0.4 is 0 Å². The highest BCUT2D eigenvalue weighted by Gasteiger charge is 2.63. The van der Waals surface area contributed by atoms with Gasteiger partial charge in [-0.05, 0) is 110 Å². The fourth-order valence-corrected chi connectivity index (χ4v) is 10.6. The molecular formula is C28H46O4Si. The summed E-state index contributed by atoms with van der Waals surface area (Å²) in [4.78, 5) is 25.4. The van der Waals surface area contributed by atoms with Crippen molar-refractivity contribution in [2.45, 2.75) is 104 Å². The molecule has 0 aromatic heterocycles. The summed E-state index contributed by atoms with van der Waals surface area (Å²) in [6, 6.07) is 1.73. The quantitative estimate of drug-likeness (QED) is 0.313. The van der Waals surface area contributed by atoms with Crippen molar-refractivity contribution in [2.75, 3.05) is 7.11 Å². The average molecular weight is 475 g/mol. The molecule has 33 heavy (non-hydrogen) atoms. The number of methoxy groups -OCH3 is 1. The molecule has 4 saturated carbocycles. The van der Waals surface area contributed by atoms with E-state index in [0.717, 1.165) is 31.4 Å². The highest BCUT2D eigenvalue weighted by Crippen LogP contribution is 2.68. The van der Waals surface area contributed by atoms with Crippen LogP contribution >= 0.6 is 0 Å². The molecule has 4 aliphatic rings. The zero-order valence-electron chi connectivity index (χ0n) is 21.7. The molecule has 9 atom stereocenters. The first-order valence-electron chi connectivity index (χ1n) is 13.7. The zero-order valence-corrected chi connectivity index (χ0v) is 22.7. The van der Waals surface area contributed by atoms with E-state index < -0.39 is 8.68 Å². The number of rotatable bonds is 7. The van der Waals surface area contributed by atoms with E-state index in [4.69, 9.17) is 4.74 Å². The lowest BCUT2D eigenvalue weighted by molar-refractivity contribution is -0.158. The van der Waals surface area contributed by atoms with Gasteiger partial charge in [-0.1, -0.05) is 27.7 Å². The van der Waals surface area contributed by atoms with E-state index >= 15 is 0 Å². The van der Waals surface area contributed by atoms with Gasteiger partial charge < -0.3 is 9.20 Å². The molecule has 186 valence electrons. The van der Waals surface area contributed by atoms with E-state index in [0.29, 0.717) is 47.7 Å². The number of ether oxygens (including phenoxy) is 1. The smallest absolute Gasteiger partial charge is 0.305 e. The molecule has 0 amide bonds. The summed E-state index contributed by atoms with van der Waals surface area (Å²) >= 11 is 0. The number of Topliss-reactive ketones (excluding diaryl/α,β-unsaturated/α-hetero) is 1. The van der Waals surface area contributed by atoms with Gasteiger partial charge in [-0.2, -0.15) is 0 Å². The van der Waals surface area contributed by atoms with Gasteiger partial charge in [-0.15, -0.1) is 0 Å². The van der Waals surface area contributed by atoms with Crippen LogP contribution in [0.1, 0.15) is 91.9 Å². The number of ketones is 1. The van der Waals surface area contributed by atoms with Gasteiger partial charge >= 0.3 is 5.97 Å². The summed E-state index contributed by atoms with van der Waals surface area (Å²) in [6.07, 6.45) is 10.5. The molecule has 0 heterocycles. The molecule has 0 radical (unpaired) electrons. The van der Waals surface area contributed by atoms with Gasteiger partial charge in [-0.3, -0.25) is 9.59 Å². The molecule has 0 aliphatic heterocycles. The lowest BCUT2D eigenvalue weighted by Crippen LogP contribution is -2.57. The van der Waals surface area contributed by atoms with Crippen molar-refractivity contribution >= 4 is 20.4 Å². The first kappa shape index (κ1) is 25.3. The molecule has 1 unspecified atom stereocenters. The van der Waals surface area contributed by atoms with Crippen molar-refractivity contribution < 1.29 is 18.8 Å². The summed E-state index contributed by atoms with van der Waals surface area (Å²) in [7, 11) is 0.0435. The summed E-state index contributed by atoms with van der Waals surface area (Å²) in [5, 5.41) is 0. The van der Waals surface area contributed by atoms with Crippen LogP contribution in [0.15, 0.2) is 0 Å². The standard InChI is InChI=1S/C28H46O4Si/c1-6-33(31)17-19-11-13-27(3)20(15-19)16-24(29)26-22-9-8-21(18(2)7-10-25(30)32-5)28(22,4)14-12-23(26)27/h18-23,26H,6-17H2,1-5H3/t18-,19+,20-,21?,22-,23-,26-,27-,28+/m0/s1. The lowest BCUT2D eigenvalue weighted by atomic mass is 9.43. The van der Waals surface area contributed by atoms with Gasteiger partial charge in [0, 0.05) is 18.8 Å².